The Balaban J connectivity index is 1.79. The zero-order valence-electron chi connectivity index (χ0n) is 10.0. The summed E-state index contributed by atoms with van der Waals surface area (Å²) in [7, 11) is 0. The van der Waals surface area contributed by atoms with Gasteiger partial charge in [0.1, 0.15) is 5.82 Å². The minimum Gasteiger partial charge on any atom is -0.363 e. The second-order valence-corrected chi connectivity index (χ2v) is 6.19. The van der Waals surface area contributed by atoms with Gasteiger partial charge in [-0.3, -0.25) is 4.79 Å². The Morgan fingerprint density at radius 3 is 2.95 bits per heavy atom. The maximum Gasteiger partial charge on any atom is 0.192 e. The van der Waals surface area contributed by atoms with Gasteiger partial charge in [0.2, 0.25) is 0 Å². The van der Waals surface area contributed by atoms with Crippen LogP contribution >= 0.6 is 22.9 Å². The minimum atomic E-state index is -0.266. The molecule has 2 heterocycles. The van der Waals surface area contributed by atoms with Crippen LogP contribution in [0.3, 0.4) is 0 Å². The van der Waals surface area contributed by atoms with E-state index in [9.17, 15) is 9.18 Å². The van der Waals surface area contributed by atoms with Gasteiger partial charge in [0.05, 0.1) is 15.8 Å². The Bertz CT molecular complexity index is 640. The normalized spacial score (nSPS) is 13.7. The molecule has 1 aliphatic rings. The van der Waals surface area contributed by atoms with E-state index in [0.29, 0.717) is 9.21 Å². The van der Waals surface area contributed by atoms with E-state index in [0.717, 1.165) is 24.2 Å². The maximum absolute atomic E-state index is 13.3. The molecule has 0 fully saturated rings. The highest BCUT2D eigenvalue weighted by molar-refractivity contribution is 7.18. The average molecular weight is 296 g/mol. The summed E-state index contributed by atoms with van der Waals surface area (Å²) in [6.07, 6.45) is 0.855. The van der Waals surface area contributed by atoms with Crippen molar-refractivity contribution in [3.63, 3.8) is 0 Å². The first-order valence-electron chi connectivity index (χ1n) is 5.95. The molecule has 2 aromatic rings. The van der Waals surface area contributed by atoms with Crippen LogP contribution in [0.15, 0.2) is 30.3 Å². The van der Waals surface area contributed by atoms with E-state index in [4.69, 9.17) is 11.6 Å². The van der Waals surface area contributed by atoms with E-state index in [1.54, 1.807) is 18.2 Å². The monoisotopic (exact) mass is 295 g/mol. The molecule has 0 bridgehead atoms. The van der Waals surface area contributed by atoms with E-state index in [-0.39, 0.29) is 18.1 Å². The predicted octanol–water partition coefficient (Wildman–Crippen LogP) is 3.79. The molecule has 1 aromatic heterocycles. The SMILES string of the molecule is O=C(CN1CCc2ccc(F)cc21)c1ccc(Cl)s1. The molecule has 0 aliphatic carbocycles. The van der Waals surface area contributed by atoms with Crippen molar-refractivity contribution in [2.75, 3.05) is 18.0 Å². The first-order chi connectivity index (χ1) is 9.13. The summed E-state index contributed by atoms with van der Waals surface area (Å²) in [5, 5.41) is 0. The van der Waals surface area contributed by atoms with Crippen molar-refractivity contribution in [3.05, 3.63) is 50.9 Å². The number of halogens is 2. The molecule has 0 spiro atoms. The van der Waals surface area contributed by atoms with Crippen molar-refractivity contribution in [1.82, 2.24) is 0 Å². The molecule has 98 valence electrons. The van der Waals surface area contributed by atoms with E-state index < -0.39 is 0 Å². The van der Waals surface area contributed by atoms with Crippen molar-refractivity contribution in [2.45, 2.75) is 6.42 Å². The second-order valence-electron chi connectivity index (χ2n) is 4.47. The predicted molar refractivity (Wildman–Crippen MR) is 76.0 cm³/mol. The Morgan fingerprint density at radius 1 is 1.37 bits per heavy atom. The van der Waals surface area contributed by atoms with E-state index >= 15 is 0 Å². The van der Waals surface area contributed by atoms with Crippen LogP contribution in [-0.2, 0) is 6.42 Å². The lowest BCUT2D eigenvalue weighted by Gasteiger charge is -2.17. The van der Waals surface area contributed by atoms with Crippen molar-refractivity contribution in [1.29, 1.82) is 0 Å². The van der Waals surface area contributed by atoms with E-state index in [1.807, 2.05) is 4.90 Å². The van der Waals surface area contributed by atoms with Gasteiger partial charge < -0.3 is 4.90 Å². The fourth-order valence-corrected chi connectivity index (χ4v) is 3.27. The van der Waals surface area contributed by atoms with Crippen LogP contribution in [0.1, 0.15) is 15.2 Å². The number of nitrogens with zero attached hydrogens (tertiary/aromatic N) is 1. The number of ketones is 1. The van der Waals surface area contributed by atoms with Crippen LogP contribution in [0, 0.1) is 5.82 Å². The molecule has 19 heavy (non-hydrogen) atoms. The van der Waals surface area contributed by atoms with Crippen molar-refractivity contribution >= 4 is 34.4 Å². The number of carbonyl (C=O) groups is 1. The number of fused-ring (bicyclic) bond motifs is 1. The molecule has 0 unspecified atom stereocenters. The van der Waals surface area contributed by atoms with Gasteiger partial charge in [-0.25, -0.2) is 4.39 Å². The molecular formula is C14H11ClFNOS. The van der Waals surface area contributed by atoms with Crippen LogP contribution in [0.25, 0.3) is 0 Å². The standard InChI is InChI=1S/C14H11ClFNOS/c15-14-4-3-13(19-14)12(18)8-17-6-5-9-1-2-10(16)7-11(9)17/h1-4,7H,5-6,8H2. The molecule has 0 amide bonds. The lowest BCUT2D eigenvalue weighted by Crippen LogP contribution is -2.27. The number of thiophene rings is 1. The molecule has 0 atom stereocenters. The molecule has 0 radical (unpaired) electrons. The average Bonchev–Trinajstić information content (AvgIpc) is 2.97. The summed E-state index contributed by atoms with van der Waals surface area (Å²) in [4.78, 5) is 14.7. The molecule has 5 heteroatoms. The maximum atomic E-state index is 13.3. The molecule has 2 nitrogen and oxygen atoms in total. The second kappa shape index (κ2) is 4.94. The van der Waals surface area contributed by atoms with E-state index in [2.05, 4.69) is 0 Å². The van der Waals surface area contributed by atoms with Crippen LogP contribution in [0.2, 0.25) is 4.34 Å². The number of Topliss-reactive ketones (excluding diaryl/α,β-unsaturated/α-hetero) is 1. The Morgan fingerprint density at radius 2 is 2.21 bits per heavy atom. The molecule has 1 aromatic carbocycles. The van der Waals surface area contributed by atoms with Gasteiger partial charge in [0.15, 0.2) is 5.78 Å². The van der Waals surface area contributed by atoms with E-state index in [1.165, 1.54) is 23.5 Å². The number of hydrogen-bond donors (Lipinski definition) is 0. The molecule has 3 rings (SSSR count). The summed E-state index contributed by atoms with van der Waals surface area (Å²) >= 11 is 7.10. The van der Waals surface area contributed by atoms with Crippen LogP contribution < -0.4 is 4.90 Å². The lowest BCUT2D eigenvalue weighted by molar-refractivity contribution is 0.100. The third-order valence-electron chi connectivity index (χ3n) is 3.22. The Kier molecular flexibility index (Phi) is 3.29. The largest absolute Gasteiger partial charge is 0.363 e. The molecule has 1 aliphatic heterocycles. The van der Waals surface area contributed by atoms with Crippen molar-refractivity contribution in [3.8, 4) is 0 Å². The van der Waals surface area contributed by atoms with Crippen molar-refractivity contribution < 1.29 is 9.18 Å². The Labute approximate surface area is 119 Å². The van der Waals surface area contributed by atoms with Crippen LogP contribution in [0.5, 0.6) is 0 Å². The fraction of sp³-hybridized carbons (Fsp3) is 0.214. The smallest absolute Gasteiger partial charge is 0.192 e. The lowest BCUT2D eigenvalue weighted by atomic mass is 10.1. The number of rotatable bonds is 3. The van der Waals surface area contributed by atoms with Crippen LogP contribution in [-0.4, -0.2) is 18.9 Å². The highest BCUT2D eigenvalue weighted by atomic mass is 35.5. The highest BCUT2D eigenvalue weighted by Gasteiger charge is 2.22. The summed E-state index contributed by atoms with van der Waals surface area (Å²) in [5.41, 5.74) is 1.93. The third kappa shape index (κ3) is 2.51. The number of hydrogen-bond acceptors (Lipinski definition) is 3. The van der Waals surface area contributed by atoms with Gasteiger partial charge in [-0.05, 0) is 36.2 Å². The number of anilines is 1. The first kappa shape index (κ1) is 12.6. The number of carbonyl (C=O) groups excluding carboxylic acids is 1. The molecular weight excluding hydrogens is 285 g/mol. The van der Waals surface area contributed by atoms with Gasteiger partial charge in [-0.1, -0.05) is 17.7 Å². The zero-order valence-corrected chi connectivity index (χ0v) is 11.6. The van der Waals surface area contributed by atoms with Crippen molar-refractivity contribution in [2.24, 2.45) is 0 Å². The van der Waals surface area contributed by atoms with Gasteiger partial charge in [-0.2, -0.15) is 0 Å². The molecule has 0 saturated carbocycles. The third-order valence-corrected chi connectivity index (χ3v) is 4.49. The van der Waals surface area contributed by atoms with Gasteiger partial charge in [0.25, 0.3) is 0 Å². The minimum absolute atomic E-state index is 0.0222. The molecule has 0 N–H and O–H groups in total. The summed E-state index contributed by atoms with van der Waals surface area (Å²) in [6.45, 7) is 1.02. The van der Waals surface area contributed by atoms with Gasteiger partial charge >= 0.3 is 0 Å². The Hall–Kier alpha value is -1.39. The fourth-order valence-electron chi connectivity index (χ4n) is 2.30. The first-order valence-corrected chi connectivity index (χ1v) is 7.15. The molecule has 0 saturated heterocycles. The summed E-state index contributed by atoms with van der Waals surface area (Å²) < 4.78 is 13.9. The van der Waals surface area contributed by atoms with Gasteiger partial charge in [-0.15, -0.1) is 11.3 Å². The van der Waals surface area contributed by atoms with Crippen LogP contribution in [0.4, 0.5) is 10.1 Å². The van der Waals surface area contributed by atoms with Gasteiger partial charge in [0, 0.05) is 12.2 Å². The quantitative estimate of drug-likeness (QED) is 0.803. The zero-order chi connectivity index (χ0) is 13.4. The number of benzene rings is 1. The highest BCUT2D eigenvalue weighted by Crippen LogP contribution is 2.29. The topological polar surface area (TPSA) is 20.3 Å². The summed E-state index contributed by atoms with van der Waals surface area (Å²) in [5.74, 6) is -0.244. The summed E-state index contributed by atoms with van der Waals surface area (Å²) in [6, 6.07) is 8.20.